The van der Waals surface area contributed by atoms with E-state index in [9.17, 15) is 4.79 Å². The summed E-state index contributed by atoms with van der Waals surface area (Å²) < 4.78 is 5.48. The van der Waals surface area contributed by atoms with Crippen LogP contribution >= 0.6 is 11.8 Å². The van der Waals surface area contributed by atoms with Crippen LogP contribution in [0.2, 0.25) is 0 Å². The molecule has 0 radical (unpaired) electrons. The Morgan fingerprint density at radius 2 is 2.03 bits per heavy atom. The number of aromatic nitrogens is 2. The van der Waals surface area contributed by atoms with Gasteiger partial charge in [0, 0.05) is 48.3 Å². The highest BCUT2D eigenvalue weighted by Crippen LogP contribution is 2.29. The number of hydrazone groups is 1. The highest BCUT2D eigenvalue weighted by molar-refractivity contribution is 7.99. The Hall–Kier alpha value is -2.85. The van der Waals surface area contributed by atoms with Crippen molar-refractivity contribution >= 4 is 40.7 Å². The summed E-state index contributed by atoms with van der Waals surface area (Å²) in [5.74, 6) is 1.64. The second kappa shape index (κ2) is 9.97. The number of nitrogens with one attached hydrogen (secondary N) is 3. The van der Waals surface area contributed by atoms with Gasteiger partial charge in [-0.1, -0.05) is 6.92 Å². The average Bonchev–Trinajstić information content (AvgIpc) is 3.20. The lowest BCUT2D eigenvalue weighted by Crippen LogP contribution is -2.37. The number of ether oxygens (including phenoxy) is 1. The molecule has 0 saturated carbocycles. The zero-order valence-corrected chi connectivity index (χ0v) is 18.5. The van der Waals surface area contributed by atoms with E-state index in [0.717, 1.165) is 47.4 Å². The molecule has 0 spiro atoms. The van der Waals surface area contributed by atoms with Crippen LogP contribution in [0.15, 0.2) is 45.5 Å². The fraction of sp³-hybridized carbons (Fsp3) is 0.429. The van der Waals surface area contributed by atoms with Gasteiger partial charge in [-0.25, -0.2) is 9.97 Å². The molecule has 4 rings (SSSR count). The Kier molecular flexibility index (Phi) is 6.88. The van der Waals surface area contributed by atoms with Crippen molar-refractivity contribution in [2.75, 3.05) is 41.8 Å². The number of carbonyl (C=O) groups is 1. The molecule has 2 aliphatic rings. The third-order valence-electron chi connectivity index (χ3n) is 4.93. The molecule has 1 atom stereocenters. The number of amides is 1. The second-order valence-corrected chi connectivity index (χ2v) is 8.44. The van der Waals surface area contributed by atoms with Gasteiger partial charge in [0.2, 0.25) is 5.91 Å². The molecule has 3 heterocycles. The minimum Gasteiger partial charge on any atom is -0.378 e. The molecule has 31 heavy (non-hydrogen) atoms. The van der Waals surface area contributed by atoms with Crippen molar-refractivity contribution < 1.29 is 9.53 Å². The van der Waals surface area contributed by atoms with Crippen LogP contribution in [0.3, 0.4) is 0 Å². The summed E-state index contributed by atoms with van der Waals surface area (Å²) in [7, 11) is 0. The van der Waals surface area contributed by atoms with E-state index in [0.29, 0.717) is 24.8 Å². The maximum atomic E-state index is 11.6. The summed E-state index contributed by atoms with van der Waals surface area (Å²) in [6, 6.07) is 9.69. The van der Waals surface area contributed by atoms with Crippen LogP contribution < -0.4 is 21.0 Å². The van der Waals surface area contributed by atoms with E-state index in [4.69, 9.17) is 14.7 Å². The van der Waals surface area contributed by atoms with Crippen LogP contribution in [0.25, 0.3) is 0 Å². The summed E-state index contributed by atoms with van der Waals surface area (Å²) in [6.07, 6.45) is 1.30. The smallest absolute Gasteiger partial charge is 0.224 e. The molecule has 164 valence electrons. The first-order valence-corrected chi connectivity index (χ1v) is 11.3. The molecule has 1 fully saturated rings. The van der Waals surface area contributed by atoms with Gasteiger partial charge in [0.05, 0.1) is 13.2 Å². The van der Waals surface area contributed by atoms with Crippen molar-refractivity contribution in [3.63, 3.8) is 0 Å². The predicted octanol–water partition coefficient (Wildman–Crippen LogP) is 2.92. The summed E-state index contributed by atoms with van der Waals surface area (Å²) in [5.41, 5.74) is 4.93. The van der Waals surface area contributed by atoms with E-state index in [1.807, 2.05) is 44.2 Å². The highest BCUT2D eigenvalue weighted by atomic mass is 32.2. The molecule has 2 aromatic rings. The van der Waals surface area contributed by atoms with Gasteiger partial charge < -0.3 is 20.3 Å². The average molecular weight is 442 g/mol. The summed E-state index contributed by atoms with van der Waals surface area (Å²) >= 11 is 1.49. The van der Waals surface area contributed by atoms with Crippen LogP contribution in [0, 0.1) is 0 Å². The SMILES string of the molecule is CCC(=O)Nc1ccc(Sc2nc(NC3CC(C)=NN3)cc(N3CCOCC3)n2)cc1. The number of anilines is 3. The number of benzene rings is 1. The maximum absolute atomic E-state index is 11.6. The number of hydrogen-bond donors (Lipinski definition) is 3. The van der Waals surface area contributed by atoms with Gasteiger partial charge in [-0.2, -0.15) is 5.10 Å². The Morgan fingerprint density at radius 1 is 1.26 bits per heavy atom. The van der Waals surface area contributed by atoms with Crippen molar-refractivity contribution in [2.24, 2.45) is 5.10 Å². The van der Waals surface area contributed by atoms with E-state index < -0.39 is 0 Å². The topological polar surface area (TPSA) is 104 Å². The minimum absolute atomic E-state index is 0.00240. The third kappa shape index (κ3) is 5.86. The van der Waals surface area contributed by atoms with Crippen LogP contribution in [-0.2, 0) is 9.53 Å². The molecule has 1 amide bonds. The van der Waals surface area contributed by atoms with Crippen LogP contribution in [0.1, 0.15) is 26.7 Å². The van der Waals surface area contributed by atoms with Gasteiger partial charge in [-0.05, 0) is 43.0 Å². The maximum Gasteiger partial charge on any atom is 0.224 e. The monoisotopic (exact) mass is 441 g/mol. The first-order chi connectivity index (χ1) is 15.1. The Balaban J connectivity index is 1.52. The molecule has 0 bridgehead atoms. The number of hydrogen-bond acceptors (Lipinski definition) is 9. The summed E-state index contributed by atoms with van der Waals surface area (Å²) in [4.78, 5) is 24.3. The lowest BCUT2D eigenvalue weighted by atomic mass is 10.2. The van der Waals surface area contributed by atoms with Gasteiger partial charge in [0.15, 0.2) is 5.16 Å². The van der Waals surface area contributed by atoms with E-state index >= 15 is 0 Å². The molecular weight excluding hydrogens is 414 g/mol. The number of rotatable bonds is 7. The zero-order valence-electron chi connectivity index (χ0n) is 17.7. The number of morpholine rings is 1. The molecule has 1 aromatic heterocycles. The van der Waals surface area contributed by atoms with Gasteiger partial charge in [-0.3, -0.25) is 10.2 Å². The lowest BCUT2D eigenvalue weighted by Gasteiger charge is -2.28. The first-order valence-electron chi connectivity index (χ1n) is 10.4. The van der Waals surface area contributed by atoms with Crippen molar-refractivity contribution in [3.05, 3.63) is 30.3 Å². The molecule has 0 aliphatic carbocycles. The minimum atomic E-state index is -0.00240. The molecule has 1 unspecified atom stereocenters. The van der Waals surface area contributed by atoms with E-state index in [1.165, 1.54) is 11.8 Å². The molecular formula is C21H27N7O2S. The van der Waals surface area contributed by atoms with Gasteiger partial charge in [0.1, 0.15) is 17.8 Å². The largest absolute Gasteiger partial charge is 0.378 e. The van der Waals surface area contributed by atoms with Gasteiger partial charge in [0.25, 0.3) is 0 Å². The Labute approximate surface area is 186 Å². The fourth-order valence-electron chi connectivity index (χ4n) is 3.28. The molecule has 1 saturated heterocycles. The van der Waals surface area contributed by atoms with Crippen LogP contribution in [0.4, 0.5) is 17.3 Å². The molecule has 2 aliphatic heterocycles. The molecule has 10 heteroatoms. The number of nitrogens with zero attached hydrogens (tertiary/aromatic N) is 4. The van der Waals surface area contributed by atoms with Crippen molar-refractivity contribution in [2.45, 2.75) is 42.9 Å². The van der Waals surface area contributed by atoms with Crippen LogP contribution in [-0.4, -0.2) is 54.1 Å². The Bertz CT molecular complexity index is 945. The van der Waals surface area contributed by atoms with Crippen molar-refractivity contribution in [3.8, 4) is 0 Å². The van der Waals surface area contributed by atoms with Crippen molar-refractivity contribution in [1.29, 1.82) is 0 Å². The summed E-state index contributed by atoms with van der Waals surface area (Å²) in [6.45, 7) is 6.82. The fourth-order valence-corrected chi connectivity index (χ4v) is 4.05. The van der Waals surface area contributed by atoms with Gasteiger partial charge in [-0.15, -0.1) is 0 Å². The zero-order chi connectivity index (χ0) is 21.6. The quantitative estimate of drug-likeness (QED) is 0.564. The normalized spacial score (nSPS) is 18.3. The van der Waals surface area contributed by atoms with E-state index in [1.54, 1.807) is 0 Å². The summed E-state index contributed by atoms with van der Waals surface area (Å²) in [5, 5.41) is 11.2. The van der Waals surface area contributed by atoms with E-state index in [2.05, 4.69) is 26.1 Å². The second-order valence-electron chi connectivity index (χ2n) is 7.40. The predicted molar refractivity (Wildman–Crippen MR) is 123 cm³/mol. The lowest BCUT2D eigenvalue weighted by molar-refractivity contribution is -0.115. The standard InChI is InChI=1S/C21H27N7O2S/c1-3-20(29)22-15-4-6-16(7-5-15)31-21-24-17(23-18-12-14(2)26-27-18)13-19(25-21)28-8-10-30-11-9-28/h4-7,13,18,27H,3,8-12H2,1-2H3,(H,22,29)(H,23,24,25). The van der Waals surface area contributed by atoms with Gasteiger partial charge >= 0.3 is 0 Å². The highest BCUT2D eigenvalue weighted by Gasteiger charge is 2.19. The molecule has 3 N–H and O–H groups in total. The molecule has 1 aromatic carbocycles. The number of carbonyl (C=O) groups excluding carboxylic acids is 1. The Morgan fingerprint density at radius 3 is 2.71 bits per heavy atom. The molecule has 9 nitrogen and oxygen atoms in total. The van der Waals surface area contributed by atoms with Crippen molar-refractivity contribution in [1.82, 2.24) is 15.4 Å². The third-order valence-corrected chi connectivity index (χ3v) is 5.80. The van der Waals surface area contributed by atoms with Crippen LogP contribution in [0.5, 0.6) is 0 Å². The van der Waals surface area contributed by atoms with E-state index in [-0.39, 0.29) is 12.1 Å². The first kappa shape index (κ1) is 21.4.